The first-order valence-corrected chi connectivity index (χ1v) is 7.28. The van der Waals surface area contributed by atoms with Crippen molar-refractivity contribution in [1.29, 1.82) is 0 Å². The SMILES string of the molecule is CNc1cccc(COc2cc(C)ccc2C(C)(C)C)n1. The van der Waals surface area contributed by atoms with Gasteiger partial charge in [0, 0.05) is 7.05 Å². The summed E-state index contributed by atoms with van der Waals surface area (Å²) in [5.41, 5.74) is 3.40. The quantitative estimate of drug-likeness (QED) is 0.908. The fraction of sp³-hybridized carbons (Fsp3) is 0.389. The molecule has 0 fully saturated rings. The normalized spacial score (nSPS) is 11.3. The fourth-order valence-electron chi connectivity index (χ4n) is 2.22. The first-order valence-electron chi connectivity index (χ1n) is 7.28. The third-order valence-corrected chi connectivity index (χ3v) is 3.38. The molecule has 0 aliphatic heterocycles. The summed E-state index contributed by atoms with van der Waals surface area (Å²) in [5, 5.41) is 3.04. The number of nitrogens with zero attached hydrogens (tertiary/aromatic N) is 1. The van der Waals surface area contributed by atoms with E-state index in [0.29, 0.717) is 6.61 Å². The topological polar surface area (TPSA) is 34.1 Å². The Morgan fingerprint density at radius 1 is 1.14 bits per heavy atom. The Balaban J connectivity index is 2.21. The van der Waals surface area contributed by atoms with Gasteiger partial charge in [-0.05, 0) is 41.7 Å². The lowest BCUT2D eigenvalue weighted by molar-refractivity contribution is 0.293. The minimum absolute atomic E-state index is 0.0588. The highest BCUT2D eigenvalue weighted by atomic mass is 16.5. The number of aryl methyl sites for hydroxylation is 1. The van der Waals surface area contributed by atoms with Crippen LogP contribution in [0.3, 0.4) is 0 Å². The van der Waals surface area contributed by atoms with Crippen molar-refractivity contribution in [2.45, 2.75) is 39.7 Å². The maximum Gasteiger partial charge on any atom is 0.130 e. The molecule has 0 saturated carbocycles. The van der Waals surface area contributed by atoms with E-state index in [0.717, 1.165) is 17.3 Å². The molecule has 0 aliphatic carbocycles. The Morgan fingerprint density at radius 3 is 2.57 bits per heavy atom. The maximum atomic E-state index is 6.04. The summed E-state index contributed by atoms with van der Waals surface area (Å²) in [6.45, 7) is 9.15. The molecule has 0 unspecified atom stereocenters. The van der Waals surface area contributed by atoms with Gasteiger partial charge in [0.25, 0.3) is 0 Å². The zero-order valence-electron chi connectivity index (χ0n) is 13.5. The third kappa shape index (κ3) is 3.97. The molecule has 2 aromatic rings. The Labute approximate surface area is 127 Å². The average molecular weight is 284 g/mol. The minimum Gasteiger partial charge on any atom is -0.487 e. The van der Waals surface area contributed by atoms with Crippen LogP contribution in [0.15, 0.2) is 36.4 Å². The lowest BCUT2D eigenvalue weighted by atomic mass is 9.86. The van der Waals surface area contributed by atoms with Gasteiger partial charge in [0.15, 0.2) is 0 Å². The number of anilines is 1. The van der Waals surface area contributed by atoms with Gasteiger partial charge in [0.2, 0.25) is 0 Å². The van der Waals surface area contributed by atoms with Crippen LogP contribution in [-0.2, 0) is 12.0 Å². The molecule has 1 heterocycles. The Hall–Kier alpha value is -2.03. The van der Waals surface area contributed by atoms with Crippen LogP contribution in [0, 0.1) is 6.92 Å². The summed E-state index contributed by atoms with van der Waals surface area (Å²) in [6, 6.07) is 12.3. The number of nitrogens with one attached hydrogen (secondary N) is 1. The molecule has 0 spiro atoms. The van der Waals surface area contributed by atoms with Gasteiger partial charge in [-0.25, -0.2) is 4.98 Å². The molecule has 0 aliphatic rings. The first-order chi connectivity index (χ1) is 9.90. The highest BCUT2D eigenvalue weighted by Crippen LogP contribution is 2.32. The number of hydrogen-bond donors (Lipinski definition) is 1. The standard InChI is InChI=1S/C18H24N2O/c1-13-9-10-15(18(2,3)4)16(11-13)21-12-14-7-6-8-17(19-5)20-14/h6-11H,12H2,1-5H3,(H,19,20). The molecule has 3 heteroatoms. The van der Waals surface area contributed by atoms with Crippen LogP contribution >= 0.6 is 0 Å². The fourth-order valence-corrected chi connectivity index (χ4v) is 2.22. The van der Waals surface area contributed by atoms with Crippen molar-refractivity contribution < 1.29 is 4.74 Å². The molecule has 2 rings (SSSR count). The van der Waals surface area contributed by atoms with Crippen LogP contribution in [0.5, 0.6) is 5.75 Å². The minimum atomic E-state index is 0.0588. The summed E-state index contributed by atoms with van der Waals surface area (Å²) in [4.78, 5) is 4.48. The van der Waals surface area contributed by atoms with Crippen molar-refractivity contribution >= 4 is 5.82 Å². The lowest BCUT2D eigenvalue weighted by Gasteiger charge is -2.23. The largest absolute Gasteiger partial charge is 0.487 e. The number of hydrogen-bond acceptors (Lipinski definition) is 3. The van der Waals surface area contributed by atoms with Crippen LogP contribution < -0.4 is 10.1 Å². The molecule has 1 aromatic heterocycles. The number of aromatic nitrogens is 1. The molecule has 3 nitrogen and oxygen atoms in total. The highest BCUT2D eigenvalue weighted by Gasteiger charge is 2.19. The van der Waals surface area contributed by atoms with Crippen LogP contribution in [0.4, 0.5) is 5.82 Å². The predicted molar refractivity (Wildman–Crippen MR) is 88.0 cm³/mol. The molecule has 1 aromatic carbocycles. The molecule has 0 amide bonds. The smallest absolute Gasteiger partial charge is 0.130 e. The van der Waals surface area contributed by atoms with E-state index in [4.69, 9.17) is 4.74 Å². The van der Waals surface area contributed by atoms with Crippen molar-refractivity contribution in [2.75, 3.05) is 12.4 Å². The van der Waals surface area contributed by atoms with Crippen molar-refractivity contribution in [3.63, 3.8) is 0 Å². The van der Waals surface area contributed by atoms with Crippen molar-refractivity contribution in [1.82, 2.24) is 4.98 Å². The second kappa shape index (κ2) is 6.17. The summed E-state index contributed by atoms with van der Waals surface area (Å²) >= 11 is 0. The monoisotopic (exact) mass is 284 g/mol. The average Bonchev–Trinajstić information content (AvgIpc) is 2.44. The van der Waals surface area contributed by atoms with Crippen LogP contribution in [0.2, 0.25) is 0 Å². The number of rotatable bonds is 4. The van der Waals surface area contributed by atoms with Crippen LogP contribution in [0.25, 0.3) is 0 Å². The molecule has 112 valence electrons. The number of benzene rings is 1. The first kappa shape index (κ1) is 15.4. The van der Waals surface area contributed by atoms with Gasteiger partial charge in [-0.1, -0.05) is 39.0 Å². The van der Waals surface area contributed by atoms with E-state index < -0.39 is 0 Å². The van der Waals surface area contributed by atoms with Crippen LogP contribution in [0.1, 0.15) is 37.6 Å². The van der Waals surface area contributed by atoms with E-state index >= 15 is 0 Å². The molecular weight excluding hydrogens is 260 g/mol. The molecular formula is C18H24N2O. The van der Waals surface area contributed by atoms with E-state index in [9.17, 15) is 0 Å². The lowest BCUT2D eigenvalue weighted by Crippen LogP contribution is -2.14. The van der Waals surface area contributed by atoms with Gasteiger partial charge < -0.3 is 10.1 Å². The van der Waals surface area contributed by atoms with Crippen molar-refractivity contribution in [2.24, 2.45) is 0 Å². The molecule has 0 radical (unpaired) electrons. The maximum absolute atomic E-state index is 6.04. The summed E-state index contributed by atoms with van der Waals surface area (Å²) in [6.07, 6.45) is 0. The highest BCUT2D eigenvalue weighted by molar-refractivity contribution is 5.41. The molecule has 1 N–H and O–H groups in total. The number of pyridine rings is 1. The van der Waals surface area contributed by atoms with E-state index in [2.05, 4.69) is 56.2 Å². The zero-order valence-corrected chi connectivity index (χ0v) is 13.5. The van der Waals surface area contributed by atoms with Gasteiger partial charge >= 0.3 is 0 Å². The van der Waals surface area contributed by atoms with Crippen LogP contribution in [-0.4, -0.2) is 12.0 Å². The molecule has 0 atom stereocenters. The van der Waals surface area contributed by atoms with E-state index in [-0.39, 0.29) is 5.41 Å². The van der Waals surface area contributed by atoms with E-state index in [1.54, 1.807) is 0 Å². The van der Waals surface area contributed by atoms with Gasteiger partial charge in [0.05, 0.1) is 5.69 Å². The Bertz CT molecular complexity index is 615. The van der Waals surface area contributed by atoms with Gasteiger partial charge in [-0.2, -0.15) is 0 Å². The second-order valence-corrected chi connectivity index (χ2v) is 6.30. The molecule has 0 bridgehead atoms. The van der Waals surface area contributed by atoms with Gasteiger partial charge in [-0.3, -0.25) is 0 Å². The van der Waals surface area contributed by atoms with Gasteiger partial charge in [0.1, 0.15) is 18.2 Å². The summed E-state index contributed by atoms with van der Waals surface area (Å²) < 4.78 is 6.04. The van der Waals surface area contributed by atoms with Gasteiger partial charge in [-0.15, -0.1) is 0 Å². The van der Waals surface area contributed by atoms with E-state index in [1.165, 1.54) is 11.1 Å². The molecule has 0 saturated heterocycles. The zero-order chi connectivity index (χ0) is 15.5. The Kier molecular flexibility index (Phi) is 4.51. The molecule has 21 heavy (non-hydrogen) atoms. The van der Waals surface area contributed by atoms with Crippen molar-refractivity contribution in [3.8, 4) is 5.75 Å². The number of ether oxygens (including phenoxy) is 1. The van der Waals surface area contributed by atoms with Crippen molar-refractivity contribution in [3.05, 3.63) is 53.2 Å². The van der Waals surface area contributed by atoms with E-state index in [1.807, 2.05) is 25.2 Å². The third-order valence-electron chi connectivity index (χ3n) is 3.38. The predicted octanol–water partition coefficient (Wildman–Crippen LogP) is 4.31. The Morgan fingerprint density at radius 2 is 1.90 bits per heavy atom. The summed E-state index contributed by atoms with van der Waals surface area (Å²) in [7, 11) is 1.87. The second-order valence-electron chi connectivity index (χ2n) is 6.30. The summed E-state index contributed by atoms with van der Waals surface area (Å²) in [5.74, 6) is 1.80.